The highest BCUT2D eigenvalue weighted by Crippen LogP contribution is 2.28. The lowest BCUT2D eigenvalue weighted by atomic mass is 9.86. The molecule has 0 spiro atoms. The van der Waals surface area contributed by atoms with E-state index in [0.717, 1.165) is 17.0 Å². The van der Waals surface area contributed by atoms with Crippen molar-refractivity contribution >= 4 is 28.4 Å². The number of benzene rings is 1. The summed E-state index contributed by atoms with van der Waals surface area (Å²) in [5.41, 5.74) is 2.09. The molecule has 3 rings (SSSR count). The van der Waals surface area contributed by atoms with Crippen LogP contribution in [0.1, 0.15) is 24.8 Å². The third-order valence-electron chi connectivity index (χ3n) is 3.22. The Morgan fingerprint density at radius 3 is 2.68 bits per heavy atom. The molecule has 0 N–H and O–H groups in total. The second-order valence-electron chi connectivity index (χ2n) is 4.47. The number of hydrogen-bond acceptors (Lipinski definition) is 3. The molecule has 2 aromatic rings. The monoisotopic (exact) mass is 382 g/mol. The topological polar surface area (TPSA) is 43.6 Å². The molecule has 0 saturated heterocycles. The number of rotatable bonds is 2. The van der Waals surface area contributed by atoms with E-state index in [2.05, 4.69) is 49.4 Å². The van der Waals surface area contributed by atoms with Crippen molar-refractivity contribution in [2.24, 2.45) is 5.92 Å². The van der Waals surface area contributed by atoms with Crippen molar-refractivity contribution in [2.75, 3.05) is 0 Å². The van der Waals surface area contributed by atoms with Crippen LogP contribution in [0.2, 0.25) is 0 Å². The van der Waals surface area contributed by atoms with Crippen LogP contribution in [0.3, 0.4) is 0 Å². The third kappa shape index (κ3) is 2.96. The van der Waals surface area contributed by atoms with Crippen LogP contribution in [0.4, 0.5) is 0 Å². The van der Waals surface area contributed by atoms with Crippen molar-refractivity contribution in [2.45, 2.75) is 19.3 Å². The molecule has 6 heteroatoms. The summed E-state index contributed by atoms with van der Waals surface area (Å²) in [6.45, 7) is 0. The fraction of sp³-hybridized carbons (Fsp3) is 0.308. The molecule has 1 aromatic heterocycles. The predicted octanol–water partition coefficient (Wildman–Crippen LogP) is 3.28. The maximum Gasteiger partial charge on any atom is 0.186 e. The fourth-order valence-corrected chi connectivity index (χ4v) is 3.17. The van der Waals surface area contributed by atoms with Crippen LogP contribution in [-0.2, 0) is 0 Å². The maximum absolute atomic E-state index is 4.05. The van der Waals surface area contributed by atoms with E-state index in [1.54, 1.807) is 4.45 Å². The normalized spacial score (nSPS) is 15.2. The summed E-state index contributed by atoms with van der Waals surface area (Å²) in [5, 5.41) is 11.7. The molecule has 1 heterocycles. The Kier molecular flexibility index (Phi) is 4.09. The van der Waals surface area contributed by atoms with Crippen molar-refractivity contribution in [1.82, 2.24) is 20.0 Å². The summed E-state index contributed by atoms with van der Waals surface area (Å²) in [7, 11) is 0. The standard InChI is InChI=1S/C13H12IN4P/c14-19-18-13(15-16-17-18)12-8-6-11(7-9-12)5-4-10-2-1-3-10/h6-10,19H,1-3H2. The van der Waals surface area contributed by atoms with Gasteiger partial charge in [0, 0.05) is 17.0 Å². The first-order chi connectivity index (χ1) is 9.36. The molecule has 0 amide bonds. The molecule has 0 bridgehead atoms. The van der Waals surface area contributed by atoms with Crippen molar-refractivity contribution in [1.29, 1.82) is 0 Å². The minimum absolute atomic E-state index is 0.503. The smallest absolute Gasteiger partial charge is 0.186 e. The molecule has 1 fully saturated rings. The molecular weight excluding hydrogens is 370 g/mol. The van der Waals surface area contributed by atoms with Gasteiger partial charge in [0.15, 0.2) is 5.82 Å². The molecule has 0 radical (unpaired) electrons. The van der Waals surface area contributed by atoms with Gasteiger partial charge >= 0.3 is 0 Å². The van der Waals surface area contributed by atoms with Crippen molar-refractivity contribution in [3.8, 4) is 23.2 Å². The Morgan fingerprint density at radius 1 is 1.26 bits per heavy atom. The fourth-order valence-electron chi connectivity index (χ4n) is 1.86. The Hall–Kier alpha value is -0.990. The maximum atomic E-state index is 4.05. The molecule has 1 saturated carbocycles. The van der Waals surface area contributed by atoms with Gasteiger partial charge in [0.25, 0.3) is 0 Å². The second-order valence-corrected chi connectivity index (χ2v) is 6.51. The zero-order valence-corrected chi connectivity index (χ0v) is 13.3. The molecule has 1 unspecified atom stereocenters. The van der Waals surface area contributed by atoms with E-state index in [1.165, 1.54) is 19.3 Å². The van der Waals surface area contributed by atoms with Crippen LogP contribution in [0.25, 0.3) is 11.4 Å². The summed E-state index contributed by atoms with van der Waals surface area (Å²) >= 11 is 2.27. The number of nitrogens with zero attached hydrogens (tertiary/aromatic N) is 4. The van der Waals surface area contributed by atoms with Gasteiger partial charge in [-0.25, -0.2) is 0 Å². The number of aromatic nitrogens is 4. The average molecular weight is 382 g/mol. The number of hydrogen-bond donors (Lipinski definition) is 0. The zero-order chi connectivity index (χ0) is 13.1. The summed E-state index contributed by atoms with van der Waals surface area (Å²) in [6.07, 6.45) is 4.36. The minimum Gasteiger partial charge on any atom is -0.198 e. The second kappa shape index (κ2) is 5.98. The predicted molar refractivity (Wildman–Crippen MR) is 85.2 cm³/mol. The Morgan fingerprint density at radius 2 is 2.05 bits per heavy atom. The molecule has 19 heavy (non-hydrogen) atoms. The van der Waals surface area contributed by atoms with Crippen molar-refractivity contribution in [3.63, 3.8) is 0 Å². The van der Waals surface area contributed by atoms with Crippen LogP contribution < -0.4 is 0 Å². The van der Waals surface area contributed by atoms with Crippen LogP contribution in [0.5, 0.6) is 0 Å². The van der Waals surface area contributed by atoms with Gasteiger partial charge in [0.1, 0.15) is 0 Å². The summed E-state index contributed by atoms with van der Waals surface area (Å²) < 4.78 is 1.80. The molecule has 1 aromatic carbocycles. The van der Waals surface area contributed by atoms with Gasteiger partial charge < -0.3 is 0 Å². The van der Waals surface area contributed by atoms with E-state index in [4.69, 9.17) is 0 Å². The van der Waals surface area contributed by atoms with Crippen LogP contribution in [-0.4, -0.2) is 20.0 Å². The lowest BCUT2D eigenvalue weighted by Crippen LogP contribution is -2.07. The highest BCUT2D eigenvalue weighted by molar-refractivity contribution is 14.2. The SMILES string of the molecule is IPn1nnnc1-c1ccc(C#CC2CCC2)cc1. The van der Waals surface area contributed by atoms with E-state index >= 15 is 0 Å². The average Bonchev–Trinajstić information content (AvgIpc) is 2.86. The number of tetrazole rings is 1. The lowest BCUT2D eigenvalue weighted by Gasteiger charge is -2.18. The summed E-state index contributed by atoms with van der Waals surface area (Å²) in [4.78, 5) is 0. The Labute approximate surface area is 126 Å². The molecule has 1 atom stereocenters. The van der Waals surface area contributed by atoms with Gasteiger partial charge in [-0.3, -0.25) is 0 Å². The lowest BCUT2D eigenvalue weighted by molar-refractivity contribution is 0.401. The summed E-state index contributed by atoms with van der Waals surface area (Å²) in [6, 6.07) is 8.14. The van der Waals surface area contributed by atoms with E-state index < -0.39 is 0 Å². The van der Waals surface area contributed by atoms with Crippen molar-refractivity contribution < 1.29 is 0 Å². The highest BCUT2D eigenvalue weighted by atomic mass is 127. The van der Waals surface area contributed by atoms with Gasteiger partial charge in [-0.2, -0.15) is 4.45 Å². The quantitative estimate of drug-likeness (QED) is 0.455. The van der Waals surface area contributed by atoms with Gasteiger partial charge in [-0.1, -0.05) is 18.3 Å². The van der Waals surface area contributed by atoms with E-state index in [0.29, 0.717) is 12.3 Å². The Balaban J connectivity index is 1.79. The van der Waals surface area contributed by atoms with Crippen LogP contribution >= 0.6 is 28.4 Å². The highest BCUT2D eigenvalue weighted by Gasteiger charge is 2.13. The molecule has 1 aliphatic rings. The molecular formula is C13H12IN4P. The number of halogens is 1. The van der Waals surface area contributed by atoms with Gasteiger partial charge in [-0.15, -0.1) is 5.10 Å². The Bertz CT molecular complexity index is 622. The first kappa shape index (κ1) is 13.0. The minimum atomic E-state index is 0.503. The van der Waals surface area contributed by atoms with Gasteiger partial charge in [0.05, 0.1) is 6.37 Å². The largest absolute Gasteiger partial charge is 0.198 e. The molecule has 96 valence electrons. The van der Waals surface area contributed by atoms with Gasteiger partial charge in [-0.05, 0) is 69.6 Å². The van der Waals surface area contributed by atoms with Crippen molar-refractivity contribution in [3.05, 3.63) is 29.8 Å². The first-order valence-corrected chi connectivity index (χ1v) is 10.2. The summed E-state index contributed by atoms with van der Waals surface area (Å²) in [5.74, 6) is 7.99. The van der Waals surface area contributed by atoms with E-state index in [1.807, 2.05) is 24.3 Å². The van der Waals surface area contributed by atoms with E-state index in [9.17, 15) is 0 Å². The first-order valence-electron chi connectivity index (χ1n) is 6.14. The zero-order valence-electron chi connectivity index (χ0n) is 10.2. The third-order valence-corrected chi connectivity index (χ3v) is 5.05. The molecule has 0 aliphatic heterocycles. The van der Waals surface area contributed by atoms with Crippen LogP contribution in [0.15, 0.2) is 24.3 Å². The van der Waals surface area contributed by atoms with Crippen LogP contribution in [0, 0.1) is 17.8 Å². The molecule has 1 aliphatic carbocycles. The van der Waals surface area contributed by atoms with Gasteiger partial charge in [0.2, 0.25) is 0 Å². The van der Waals surface area contributed by atoms with E-state index in [-0.39, 0.29) is 0 Å². The molecule has 4 nitrogen and oxygen atoms in total.